The topological polar surface area (TPSA) is 46.6 Å². The predicted octanol–water partition coefficient (Wildman–Crippen LogP) is 3.10. The van der Waals surface area contributed by atoms with Crippen LogP contribution in [0.3, 0.4) is 0 Å². The molecule has 114 valence electrons. The molecule has 1 saturated heterocycles. The number of esters is 1. The largest absolute Gasteiger partial charge is 0.467 e. The third-order valence-corrected chi connectivity index (χ3v) is 5.00. The van der Waals surface area contributed by atoms with Gasteiger partial charge in [0.25, 0.3) is 0 Å². The second kappa shape index (κ2) is 7.84. The summed E-state index contributed by atoms with van der Waals surface area (Å²) in [5.74, 6) is 0.0319. The molecule has 2 rings (SSSR count). The fourth-order valence-electron chi connectivity index (χ4n) is 2.37. The summed E-state index contributed by atoms with van der Waals surface area (Å²) in [5, 5.41) is 0. The monoisotopic (exact) mass is 371 g/mol. The minimum Gasteiger partial charge on any atom is -0.467 e. The number of hydrogen-bond acceptors (Lipinski definition) is 4. The molecule has 0 aromatic heterocycles. The molecule has 1 fully saturated rings. The lowest BCUT2D eigenvalue weighted by molar-refractivity contribution is -0.153. The first-order chi connectivity index (χ1) is 10.1. The highest BCUT2D eigenvalue weighted by atomic mass is 79.9. The van der Waals surface area contributed by atoms with Gasteiger partial charge in [-0.15, -0.1) is 11.8 Å². The zero-order valence-electron chi connectivity index (χ0n) is 11.9. The number of nitrogens with zero attached hydrogens (tertiary/aromatic N) is 1. The summed E-state index contributed by atoms with van der Waals surface area (Å²) >= 11 is 4.87. The third-order valence-electron chi connectivity index (χ3n) is 3.47. The van der Waals surface area contributed by atoms with Crippen LogP contribution in [-0.4, -0.2) is 42.2 Å². The van der Waals surface area contributed by atoms with E-state index in [1.165, 1.54) is 18.9 Å². The number of methoxy groups -OCH3 is 1. The van der Waals surface area contributed by atoms with Gasteiger partial charge in [-0.2, -0.15) is 0 Å². The lowest BCUT2D eigenvalue weighted by Crippen LogP contribution is -2.49. The Hall–Kier alpha value is -1.01. The number of piperidine rings is 1. The number of hydrogen-bond donors (Lipinski definition) is 0. The molecule has 0 saturated carbocycles. The van der Waals surface area contributed by atoms with E-state index in [4.69, 9.17) is 4.74 Å². The second-order valence-electron chi connectivity index (χ2n) is 4.86. The van der Waals surface area contributed by atoms with E-state index in [0.717, 1.165) is 22.2 Å². The van der Waals surface area contributed by atoms with E-state index >= 15 is 0 Å². The molecule has 0 unspecified atom stereocenters. The zero-order valence-corrected chi connectivity index (χ0v) is 14.3. The average Bonchev–Trinajstić information content (AvgIpc) is 2.53. The van der Waals surface area contributed by atoms with Gasteiger partial charge in [-0.05, 0) is 43.5 Å². The van der Waals surface area contributed by atoms with Crippen molar-refractivity contribution in [2.24, 2.45) is 0 Å². The van der Waals surface area contributed by atoms with Crippen LogP contribution in [0.1, 0.15) is 19.3 Å². The van der Waals surface area contributed by atoms with Crippen molar-refractivity contribution in [1.29, 1.82) is 0 Å². The molecule has 1 aromatic rings. The Kier molecular flexibility index (Phi) is 6.11. The van der Waals surface area contributed by atoms with Crippen LogP contribution in [0.15, 0.2) is 33.6 Å². The number of halogens is 1. The third kappa shape index (κ3) is 4.48. The molecule has 0 radical (unpaired) electrons. The molecule has 1 atom stereocenters. The van der Waals surface area contributed by atoms with Crippen molar-refractivity contribution < 1.29 is 14.3 Å². The lowest BCUT2D eigenvalue weighted by Gasteiger charge is -2.33. The van der Waals surface area contributed by atoms with Gasteiger partial charge in [0.2, 0.25) is 5.91 Å². The van der Waals surface area contributed by atoms with Gasteiger partial charge in [-0.3, -0.25) is 4.79 Å². The zero-order chi connectivity index (χ0) is 15.2. The summed E-state index contributed by atoms with van der Waals surface area (Å²) in [5.41, 5.74) is 0. The Labute approximate surface area is 137 Å². The molecule has 0 spiro atoms. The minimum absolute atomic E-state index is 0.00183. The molecular formula is C15H18BrNO3S. The summed E-state index contributed by atoms with van der Waals surface area (Å²) in [6.07, 6.45) is 2.60. The quantitative estimate of drug-likeness (QED) is 0.602. The molecule has 0 aliphatic carbocycles. The number of amides is 1. The lowest BCUT2D eigenvalue weighted by atomic mass is 10.0. The van der Waals surface area contributed by atoms with Crippen LogP contribution in [0.25, 0.3) is 0 Å². The first kappa shape index (κ1) is 16.4. The van der Waals surface area contributed by atoms with E-state index in [-0.39, 0.29) is 11.9 Å². The number of carbonyl (C=O) groups is 2. The summed E-state index contributed by atoms with van der Waals surface area (Å²) in [6, 6.07) is 7.42. The molecule has 0 N–H and O–H groups in total. The fourth-order valence-corrected chi connectivity index (χ4v) is 3.42. The maximum atomic E-state index is 12.4. The number of rotatable bonds is 4. The van der Waals surface area contributed by atoms with Crippen molar-refractivity contribution in [2.75, 3.05) is 19.4 Å². The normalized spacial score (nSPS) is 18.4. The molecule has 4 nitrogen and oxygen atoms in total. The van der Waals surface area contributed by atoms with Crippen molar-refractivity contribution in [3.05, 3.63) is 28.7 Å². The van der Waals surface area contributed by atoms with Crippen molar-refractivity contribution in [1.82, 2.24) is 4.90 Å². The van der Waals surface area contributed by atoms with E-state index in [1.807, 2.05) is 24.3 Å². The standard InChI is InChI=1S/C15H18BrNO3S/c1-20-15(19)13-4-2-3-9-17(13)14(18)10-21-12-7-5-11(16)6-8-12/h5-8,13H,2-4,9-10H2,1H3/t13-/m1/s1. The van der Waals surface area contributed by atoms with E-state index in [1.54, 1.807) is 4.90 Å². The predicted molar refractivity (Wildman–Crippen MR) is 86.2 cm³/mol. The summed E-state index contributed by atoms with van der Waals surface area (Å²) < 4.78 is 5.82. The first-order valence-electron chi connectivity index (χ1n) is 6.87. The molecule has 1 aliphatic heterocycles. The van der Waals surface area contributed by atoms with Crippen LogP contribution in [0.5, 0.6) is 0 Å². The van der Waals surface area contributed by atoms with Crippen LogP contribution in [0, 0.1) is 0 Å². The smallest absolute Gasteiger partial charge is 0.328 e. The molecule has 6 heteroatoms. The fraction of sp³-hybridized carbons (Fsp3) is 0.467. The van der Waals surface area contributed by atoms with Crippen LogP contribution >= 0.6 is 27.7 Å². The van der Waals surface area contributed by atoms with Crippen LogP contribution in [0.4, 0.5) is 0 Å². The van der Waals surface area contributed by atoms with Gasteiger partial charge in [-0.1, -0.05) is 15.9 Å². The minimum atomic E-state index is -0.415. The summed E-state index contributed by atoms with van der Waals surface area (Å²) in [4.78, 5) is 26.8. The van der Waals surface area contributed by atoms with E-state index in [9.17, 15) is 9.59 Å². The van der Waals surface area contributed by atoms with Crippen molar-refractivity contribution in [2.45, 2.75) is 30.2 Å². The molecule has 1 aromatic carbocycles. The average molecular weight is 372 g/mol. The Morgan fingerprint density at radius 1 is 1.33 bits per heavy atom. The summed E-state index contributed by atoms with van der Waals surface area (Å²) in [7, 11) is 1.37. The number of carbonyl (C=O) groups excluding carboxylic acids is 2. The maximum Gasteiger partial charge on any atom is 0.328 e. The maximum absolute atomic E-state index is 12.4. The molecular weight excluding hydrogens is 354 g/mol. The van der Waals surface area contributed by atoms with E-state index in [2.05, 4.69) is 15.9 Å². The SMILES string of the molecule is COC(=O)[C@H]1CCCCN1C(=O)CSc1ccc(Br)cc1. The highest BCUT2D eigenvalue weighted by Gasteiger charge is 2.32. The van der Waals surface area contributed by atoms with Gasteiger partial charge >= 0.3 is 5.97 Å². The van der Waals surface area contributed by atoms with Gasteiger partial charge in [0.1, 0.15) is 6.04 Å². The van der Waals surface area contributed by atoms with E-state index < -0.39 is 6.04 Å². The van der Waals surface area contributed by atoms with Crippen molar-refractivity contribution >= 4 is 39.6 Å². The molecule has 0 bridgehead atoms. The van der Waals surface area contributed by atoms with Crippen molar-refractivity contribution in [3.8, 4) is 0 Å². The Morgan fingerprint density at radius 2 is 2.05 bits per heavy atom. The first-order valence-corrected chi connectivity index (χ1v) is 8.65. The number of thioether (sulfide) groups is 1. The number of benzene rings is 1. The highest BCUT2D eigenvalue weighted by molar-refractivity contribution is 9.10. The molecule has 1 aliphatic rings. The number of ether oxygens (including phenoxy) is 1. The number of likely N-dealkylation sites (tertiary alicyclic amines) is 1. The van der Waals surface area contributed by atoms with Gasteiger partial charge in [-0.25, -0.2) is 4.79 Å². The molecule has 21 heavy (non-hydrogen) atoms. The van der Waals surface area contributed by atoms with Crippen LogP contribution < -0.4 is 0 Å². The Balaban J connectivity index is 1.94. The van der Waals surface area contributed by atoms with Crippen LogP contribution in [0.2, 0.25) is 0 Å². The Morgan fingerprint density at radius 3 is 2.71 bits per heavy atom. The van der Waals surface area contributed by atoms with Crippen molar-refractivity contribution in [3.63, 3.8) is 0 Å². The molecule has 1 amide bonds. The van der Waals surface area contributed by atoms with Gasteiger partial charge in [0.15, 0.2) is 0 Å². The van der Waals surface area contributed by atoms with Gasteiger partial charge in [0.05, 0.1) is 12.9 Å². The Bertz CT molecular complexity index is 506. The van der Waals surface area contributed by atoms with Gasteiger partial charge < -0.3 is 9.64 Å². The second-order valence-corrected chi connectivity index (χ2v) is 6.83. The molecule has 1 heterocycles. The van der Waals surface area contributed by atoms with Gasteiger partial charge in [0, 0.05) is 15.9 Å². The van der Waals surface area contributed by atoms with E-state index in [0.29, 0.717) is 18.7 Å². The van der Waals surface area contributed by atoms with Crippen LogP contribution in [-0.2, 0) is 14.3 Å². The summed E-state index contributed by atoms with van der Waals surface area (Å²) in [6.45, 7) is 0.638. The highest BCUT2D eigenvalue weighted by Crippen LogP contribution is 2.23.